The summed E-state index contributed by atoms with van der Waals surface area (Å²) in [6.07, 6.45) is 5.92. The standard InChI is InChI=1S/C15H28N4/c1-4-13(2)19-9-7-15(17-19)12-18(3)11-14-6-5-8-16-10-14/h7,9,13-14,16H,4-6,8,10-12H2,1-3H3. The Bertz CT molecular complexity index is 368. The minimum absolute atomic E-state index is 0.501. The lowest BCUT2D eigenvalue weighted by Gasteiger charge is -2.27. The van der Waals surface area contributed by atoms with Gasteiger partial charge in [-0.1, -0.05) is 6.92 Å². The number of nitrogens with one attached hydrogen (secondary N) is 1. The van der Waals surface area contributed by atoms with E-state index in [2.05, 4.69) is 53.2 Å². The Morgan fingerprint density at radius 3 is 3.11 bits per heavy atom. The number of piperidine rings is 1. The number of hydrogen-bond donors (Lipinski definition) is 1. The predicted octanol–water partition coefficient (Wildman–Crippen LogP) is 2.29. The van der Waals surface area contributed by atoms with Gasteiger partial charge in [0.15, 0.2) is 0 Å². The van der Waals surface area contributed by atoms with Gasteiger partial charge in [-0.25, -0.2) is 0 Å². The lowest BCUT2D eigenvalue weighted by Crippen LogP contribution is -2.36. The van der Waals surface area contributed by atoms with Crippen LogP contribution in [0.5, 0.6) is 0 Å². The van der Waals surface area contributed by atoms with Crippen LogP contribution in [-0.4, -0.2) is 41.4 Å². The Labute approximate surface area is 117 Å². The lowest BCUT2D eigenvalue weighted by molar-refractivity contribution is 0.235. The van der Waals surface area contributed by atoms with Gasteiger partial charge < -0.3 is 10.2 Å². The van der Waals surface area contributed by atoms with Gasteiger partial charge in [-0.3, -0.25) is 4.68 Å². The third kappa shape index (κ3) is 4.32. The molecule has 0 radical (unpaired) electrons. The smallest absolute Gasteiger partial charge is 0.0764 e. The Balaban J connectivity index is 1.80. The molecule has 19 heavy (non-hydrogen) atoms. The summed E-state index contributed by atoms with van der Waals surface area (Å²) in [5.74, 6) is 0.801. The summed E-state index contributed by atoms with van der Waals surface area (Å²) in [5, 5.41) is 8.16. The number of hydrogen-bond acceptors (Lipinski definition) is 3. The van der Waals surface area contributed by atoms with Crippen molar-refractivity contribution in [1.29, 1.82) is 0 Å². The van der Waals surface area contributed by atoms with Crippen LogP contribution in [0, 0.1) is 5.92 Å². The molecule has 1 aliphatic heterocycles. The molecule has 2 atom stereocenters. The van der Waals surface area contributed by atoms with Gasteiger partial charge in [0.2, 0.25) is 0 Å². The fourth-order valence-electron chi connectivity index (χ4n) is 2.76. The first-order chi connectivity index (χ1) is 9.19. The zero-order valence-electron chi connectivity index (χ0n) is 12.6. The third-order valence-corrected chi connectivity index (χ3v) is 4.11. The fourth-order valence-corrected chi connectivity index (χ4v) is 2.76. The van der Waals surface area contributed by atoms with Gasteiger partial charge in [0.05, 0.1) is 5.69 Å². The molecule has 1 aliphatic rings. The molecule has 2 unspecified atom stereocenters. The van der Waals surface area contributed by atoms with Gasteiger partial charge in [-0.05, 0) is 58.3 Å². The van der Waals surface area contributed by atoms with Crippen LogP contribution in [-0.2, 0) is 6.54 Å². The summed E-state index contributed by atoms with van der Waals surface area (Å²) in [6, 6.07) is 2.66. The summed E-state index contributed by atoms with van der Waals surface area (Å²) in [4.78, 5) is 2.40. The maximum atomic E-state index is 4.67. The molecule has 2 heterocycles. The summed E-state index contributed by atoms with van der Waals surface area (Å²) >= 11 is 0. The number of nitrogens with zero attached hydrogens (tertiary/aromatic N) is 3. The second-order valence-electron chi connectivity index (χ2n) is 5.95. The summed E-state index contributed by atoms with van der Waals surface area (Å²) in [6.45, 7) is 8.91. The van der Waals surface area contributed by atoms with Gasteiger partial charge >= 0.3 is 0 Å². The molecule has 1 N–H and O–H groups in total. The Hall–Kier alpha value is -0.870. The SMILES string of the molecule is CCC(C)n1ccc(CN(C)CC2CCCNC2)n1. The van der Waals surface area contributed by atoms with Gasteiger partial charge in [0.1, 0.15) is 0 Å². The average molecular weight is 264 g/mol. The second kappa shape index (κ2) is 7.06. The van der Waals surface area contributed by atoms with Gasteiger partial charge in [-0.15, -0.1) is 0 Å². The van der Waals surface area contributed by atoms with Crippen molar-refractivity contribution < 1.29 is 0 Å². The minimum Gasteiger partial charge on any atom is -0.316 e. The molecule has 0 amide bonds. The molecular weight excluding hydrogens is 236 g/mol. The quantitative estimate of drug-likeness (QED) is 0.856. The van der Waals surface area contributed by atoms with Crippen LogP contribution >= 0.6 is 0 Å². The molecule has 1 aromatic rings. The Morgan fingerprint density at radius 1 is 1.58 bits per heavy atom. The highest BCUT2D eigenvalue weighted by Gasteiger charge is 2.15. The highest BCUT2D eigenvalue weighted by atomic mass is 15.3. The van der Waals surface area contributed by atoms with Gasteiger partial charge in [-0.2, -0.15) is 5.10 Å². The van der Waals surface area contributed by atoms with E-state index in [0.29, 0.717) is 6.04 Å². The van der Waals surface area contributed by atoms with Crippen molar-refractivity contribution in [3.63, 3.8) is 0 Å². The van der Waals surface area contributed by atoms with Crippen LogP contribution in [0.15, 0.2) is 12.3 Å². The van der Waals surface area contributed by atoms with E-state index < -0.39 is 0 Å². The van der Waals surface area contributed by atoms with Crippen molar-refractivity contribution in [3.05, 3.63) is 18.0 Å². The molecule has 108 valence electrons. The molecule has 1 saturated heterocycles. The van der Waals surface area contributed by atoms with Crippen molar-refractivity contribution in [2.45, 2.75) is 45.7 Å². The molecule has 0 spiro atoms. The summed E-state index contributed by atoms with van der Waals surface area (Å²) in [7, 11) is 2.21. The highest BCUT2D eigenvalue weighted by molar-refractivity contribution is 4.99. The van der Waals surface area contributed by atoms with E-state index in [1.165, 1.54) is 38.2 Å². The monoisotopic (exact) mass is 264 g/mol. The first kappa shape index (κ1) is 14.5. The molecule has 0 aliphatic carbocycles. The normalized spacial score (nSPS) is 21.8. The Kier molecular flexibility index (Phi) is 5.40. The van der Waals surface area contributed by atoms with Crippen molar-refractivity contribution in [2.75, 3.05) is 26.7 Å². The van der Waals surface area contributed by atoms with E-state index in [1.54, 1.807) is 0 Å². The van der Waals surface area contributed by atoms with Crippen molar-refractivity contribution >= 4 is 0 Å². The molecule has 1 fully saturated rings. The fraction of sp³-hybridized carbons (Fsp3) is 0.800. The first-order valence-electron chi connectivity index (χ1n) is 7.62. The van der Waals surface area contributed by atoms with Gasteiger partial charge in [0, 0.05) is 25.3 Å². The van der Waals surface area contributed by atoms with E-state index in [9.17, 15) is 0 Å². The lowest BCUT2D eigenvalue weighted by atomic mass is 9.99. The first-order valence-corrected chi connectivity index (χ1v) is 7.62. The van der Waals surface area contributed by atoms with Gasteiger partial charge in [0.25, 0.3) is 0 Å². The largest absolute Gasteiger partial charge is 0.316 e. The Morgan fingerprint density at radius 2 is 2.42 bits per heavy atom. The van der Waals surface area contributed by atoms with Crippen LogP contribution in [0.25, 0.3) is 0 Å². The zero-order valence-corrected chi connectivity index (χ0v) is 12.6. The predicted molar refractivity (Wildman–Crippen MR) is 79.2 cm³/mol. The van der Waals surface area contributed by atoms with E-state index in [-0.39, 0.29) is 0 Å². The van der Waals surface area contributed by atoms with Crippen LogP contribution in [0.1, 0.15) is 44.8 Å². The topological polar surface area (TPSA) is 33.1 Å². The van der Waals surface area contributed by atoms with Crippen molar-refractivity contribution in [2.24, 2.45) is 5.92 Å². The number of aromatic nitrogens is 2. The second-order valence-corrected chi connectivity index (χ2v) is 5.95. The molecule has 0 bridgehead atoms. The molecule has 0 aromatic carbocycles. The minimum atomic E-state index is 0.501. The van der Waals surface area contributed by atoms with Crippen LogP contribution in [0.2, 0.25) is 0 Å². The van der Waals surface area contributed by atoms with E-state index in [4.69, 9.17) is 0 Å². The van der Waals surface area contributed by atoms with Crippen LogP contribution in [0.4, 0.5) is 0 Å². The third-order valence-electron chi connectivity index (χ3n) is 4.11. The maximum Gasteiger partial charge on any atom is 0.0764 e. The van der Waals surface area contributed by atoms with E-state index >= 15 is 0 Å². The zero-order chi connectivity index (χ0) is 13.7. The van der Waals surface area contributed by atoms with Crippen LogP contribution in [0.3, 0.4) is 0 Å². The van der Waals surface area contributed by atoms with Crippen molar-refractivity contribution in [1.82, 2.24) is 20.0 Å². The molecule has 4 nitrogen and oxygen atoms in total. The van der Waals surface area contributed by atoms with Crippen molar-refractivity contribution in [3.8, 4) is 0 Å². The average Bonchev–Trinajstić information content (AvgIpc) is 2.87. The summed E-state index contributed by atoms with van der Waals surface area (Å²) in [5.41, 5.74) is 1.19. The molecular formula is C15H28N4. The summed E-state index contributed by atoms with van der Waals surface area (Å²) < 4.78 is 2.09. The molecule has 4 heteroatoms. The maximum absolute atomic E-state index is 4.67. The number of rotatable bonds is 6. The van der Waals surface area contributed by atoms with E-state index in [0.717, 1.165) is 18.9 Å². The molecule has 2 rings (SSSR count). The molecule has 0 saturated carbocycles. The van der Waals surface area contributed by atoms with Crippen LogP contribution < -0.4 is 5.32 Å². The highest BCUT2D eigenvalue weighted by Crippen LogP contribution is 2.13. The van der Waals surface area contributed by atoms with E-state index in [1.807, 2.05) is 0 Å². The molecule has 1 aromatic heterocycles.